The minimum atomic E-state index is -0.870. The number of rotatable bonds is 4. The number of carbonyl (C=O) groups excluding carboxylic acids is 1. The summed E-state index contributed by atoms with van der Waals surface area (Å²) < 4.78 is 0.890. The molecule has 1 aromatic carbocycles. The van der Waals surface area contributed by atoms with Crippen molar-refractivity contribution in [3.8, 4) is 0 Å². The third-order valence-electron chi connectivity index (χ3n) is 3.84. The van der Waals surface area contributed by atoms with Gasteiger partial charge in [0.15, 0.2) is 0 Å². The highest BCUT2D eigenvalue weighted by Crippen LogP contribution is 2.41. The average Bonchev–Trinajstić information content (AvgIpc) is 2.76. The maximum atomic E-state index is 12.1. The van der Waals surface area contributed by atoms with Crippen molar-refractivity contribution in [3.05, 3.63) is 28.2 Å². The first-order valence-electron chi connectivity index (χ1n) is 6.72. The van der Waals surface area contributed by atoms with Crippen LogP contribution in [-0.2, 0) is 9.59 Å². The standard InChI is InChI=1S/C15H18BrNO3/c1-10-6-11(16)8-12(7-10)17-13(18)9-15(14(19)20)4-2-3-5-15/h6-8H,2-5,9H2,1H3,(H,17,18)(H,19,20). The number of anilines is 1. The summed E-state index contributed by atoms with van der Waals surface area (Å²) in [6.45, 7) is 1.94. The molecule has 2 N–H and O–H groups in total. The Morgan fingerprint density at radius 2 is 1.95 bits per heavy atom. The number of amides is 1. The second-order valence-electron chi connectivity index (χ2n) is 5.53. The summed E-state index contributed by atoms with van der Waals surface area (Å²) in [5.41, 5.74) is 0.856. The molecule has 0 aliphatic heterocycles. The highest BCUT2D eigenvalue weighted by molar-refractivity contribution is 9.10. The number of aliphatic carboxylic acids is 1. The number of hydrogen-bond acceptors (Lipinski definition) is 2. The number of carboxylic acids is 1. The highest BCUT2D eigenvalue weighted by Gasteiger charge is 2.42. The zero-order valence-electron chi connectivity index (χ0n) is 11.4. The lowest BCUT2D eigenvalue weighted by molar-refractivity contribution is -0.150. The quantitative estimate of drug-likeness (QED) is 0.878. The molecule has 0 heterocycles. The maximum absolute atomic E-state index is 12.1. The SMILES string of the molecule is Cc1cc(Br)cc(NC(=O)CC2(C(=O)O)CCCC2)c1. The van der Waals surface area contributed by atoms with Gasteiger partial charge in [-0.3, -0.25) is 9.59 Å². The fraction of sp³-hybridized carbons (Fsp3) is 0.467. The molecule has 1 aliphatic carbocycles. The van der Waals surface area contributed by atoms with E-state index in [0.717, 1.165) is 22.9 Å². The van der Waals surface area contributed by atoms with Crippen molar-refractivity contribution in [2.24, 2.45) is 5.41 Å². The van der Waals surface area contributed by atoms with Crippen LogP contribution in [0.3, 0.4) is 0 Å². The lowest BCUT2D eigenvalue weighted by Crippen LogP contribution is -2.32. The van der Waals surface area contributed by atoms with Crippen molar-refractivity contribution < 1.29 is 14.7 Å². The van der Waals surface area contributed by atoms with Crippen molar-refractivity contribution in [1.29, 1.82) is 0 Å². The van der Waals surface area contributed by atoms with Gasteiger partial charge in [-0.15, -0.1) is 0 Å². The van der Waals surface area contributed by atoms with E-state index >= 15 is 0 Å². The summed E-state index contributed by atoms with van der Waals surface area (Å²) in [6, 6.07) is 5.63. The van der Waals surface area contributed by atoms with Crippen molar-refractivity contribution in [3.63, 3.8) is 0 Å². The largest absolute Gasteiger partial charge is 0.481 e. The van der Waals surface area contributed by atoms with Crippen LogP contribution < -0.4 is 5.32 Å². The third kappa shape index (κ3) is 3.39. The number of nitrogens with one attached hydrogen (secondary N) is 1. The molecule has 1 saturated carbocycles. The number of halogens is 1. The molecule has 0 bridgehead atoms. The van der Waals surface area contributed by atoms with Gasteiger partial charge in [0.05, 0.1) is 5.41 Å². The van der Waals surface area contributed by atoms with E-state index in [4.69, 9.17) is 0 Å². The normalized spacial score (nSPS) is 16.9. The van der Waals surface area contributed by atoms with Crippen molar-refractivity contribution in [2.75, 3.05) is 5.32 Å². The van der Waals surface area contributed by atoms with Crippen LogP contribution in [0.25, 0.3) is 0 Å². The van der Waals surface area contributed by atoms with Gasteiger partial charge < -0.3 is 10.4 Å². The Morgan fingerprint density at radius 1 is 1.30 bits per heavy atom. The molecule has 0 saturated heterocycles. The monoisotopic (exact) mass is 339 g/mol. The summed E-state index contributed by atoms with van der Waals surface area (Å²) in [5.74, 6) is -1.08. The van der Waals surface area contributed by atoms with Gasteiger partial charge in [0.25, 0.3) is 0 Å². The molecule has 0 spiro atoms. The molecule has 20 heavy (non-hydrogen) atoms. The van der Waals surface area contributed by atoms with Crippen LogP contribution in [0.15, 0.2) is 22.7 Å². The van der Waals surface area contributed by atoms with Crippen molar-refractivity contribution in [2.45, 2.75) is 39.0 Å². The van der Waals surface area contributed by atoms with Crippen LogP contribution in [0.2, 0.25) is 0 Å². The van der Waals surface area contributed by atoms with Gasteiger partial charge >= 0.3 is 5.97 Å². The molecule has 0 atom stereocenters. The van der Waals surface area contributed by atoms with E-state index in [-0.39, 0.29) is 12.3 Å². The number of aryl methyl sites for hydroxylation is 1. The Balaban J connectivity index is 2.06. The summed E-state index contributed by atoms with van der Waals surface area (Å²) in [7, 11) is 0. The fourth-order valence-corrected chi connectivity index (χ4v) is 3.45. The second-order valence-corrected chi connectivity index (χ2v) is 6.45. The lowest BCUT2D eigenvalue weighted by atomic mass is 9.82. The first-order chi connectivity index (χ1) is 9.41. The molecule has 1 fully saturated rings. The predicted octanol–water partition coefficient (Wildman–Crippen LogP) is 3.73. The first-order valence-corrected chi connectivity index (χ1v) is 7.51. The van der Waals surface area contributed by atoms with Crippen LogP contribution in [0.5, 0.6) is 0 Å². The highest BCUT2D eigenvalue weighted by atomic mass is 79.9. The van der Waals surface area contributed by atoms with Gasteiger partial charge in [-0.2, -0.15) is 0 Å². The second kappa shape index (κ2) is 5.95. The van der Waals surface area contributed by atoms with E-state index in [2.05, 4.69) is 21.2 Å². The van der Waals surface area contributed by atoms with E-state index in [1.54, 1.807) is 0 Å². The smallest absolute Gasteiger partial charge is 0.310 e. The number of carboxylic acid groups (broad SMARTS) is 1. The molecule has 1 aromatic rings. The molecule has 108 valence electrons. The zero-order valence-corrected chi connectivity index (χ0v) is 13.0. The van der Waals surface area contributed by atoms with Crippen LogP contribution in [-0.4, -0.2) is 17.0 Å². The van der Waals surface area contributed by atoms with Gasteiger partial charge in [0, 0.05) is 16.6 Å². The third-order valence-corrected chi connectivity index (χ3v) is 4.30. The van der Waals surface area contributed by atoms with E-state index in [0.29, 0.717) is 18.5 Å². The van der Waals surface area contributed by atoms with Crippen LogP contribution >= 0.6 is 15.9 Å². The zero-order chi connectivity index (χ0) is 14.8. The molecule has 2 rings (SSSR count). The average molecular weight is 340 g/mol. The molecular weight excluding hydrogens is 322 g/mol. The lowest BCUT2D eigenvalue weighted by Gasteiger charge is -2.22. The van der Waals surface area contributed by atoms with Gasteiger partial charge in [0.2, 0.25) is 5.91 Å². The van der Waals surface area contributed by atoms with E-state index in [1.807, 2.05) is 25.1 Å². The summed E-state index contributed by atoms with van der Waals surface area (Å²) >= 11 is 3.38. The van der Waals surface area contributed by atoms with Gasteiger partial charge in [-0.25, -0.2) is 0 Å². The Bertz CT molecular complexity index is 516. The number of carbonyl (C=O) groups is 2. The van der Waals surface area contributed by atoms with E-state index < -0.39 is 11.4 Å². The van der Waals surface area contributed by atoms with Crippen LogP contribution in [0, 0.1) is 12.3 Å². The molecule has 1 aliphatic rings. The van der Waals surface area contributed by atoms with Crippen molar-refractivity contribution >= 4 is 33.5 Å². The molecule has 5 heteroatoms. The van der Waals surface area contributed by atoms with Gasteiger partial charge in [-0.1, -0.05) is 28.8 Å². The minimum absolute atomic E-state index is 0.0495. The van der Waals surface area contributed by atoms with E-state index in [9.17, 15) is 14.7 Å². The van der Waals surface area contributed by atoms with E-state index in [1.165, 1.54) is 0 Å². The van der Waals surface area contributed by atoms with Crippen molar-refractivity contribution in [1.82, 2.24) is 0 Å². The minimum Gasteiger partial charge on any atom is -0.481 e. The summed E-state index contributed by atoms with van der Waals surface area (Å²) in [6.07, 6.45) is 3.00. The number of benzene rings is 1. The number of hydrogen-bond donors (Lipinski definition) is 2. The Morgan fingerprint density at radius 3 is 2.50 bits per heavy atom. The van der Waals surface area contributed by atoms with Gasteiger partial charge in [0.1, 0.15) is 0 Å². The molecule has 4 nitrogen and oxygen atoms in total. The summed E-state index contributed by atoms with van der Waals surface area (Å²) in [5, 5.41) is 12.2. The fourth-order valence-electron chi connectivity index (χ4n) is 2.84. The predicted molar refractivity (Wildman–Crippen MR) is 80.7 cm³/mol. The Labute approximate surface area is 126 Å². The van der Waals surface area contributed by atoms with Gasteiger partial charge in [-0.05, 0) is 43.5 Å². The molecular formula is C15H18BrNO3. The summed E-state index contributed by atoms with van der Waals surface area (Å²) in [4.78, 5) is 23.5. The van der Waals surface area contributed by atoms with Crippen LogP contribution in [0.1, 0.15) is 37.7 Å². The molecule has 0 unspecified atom stereocenters. The van der Waals surface area contributed by atoms with Crippen LogP contribution in [0.4, 0.5) is 5.69 Å². The Hall–Kier alpha value is -1.36. The molecule has 0 radical (unpaired) electrons. The first kappa shape index (κ1) is 15.0. The maximum Gasteiger partial charge on any atom is 0.310 e. The molecule has 0 aromatic heterocycles. The molecule has 1 amide bonds. The Kier molecular flexibility index (Phi) is 4.48. The topological polar surface area (TPSA) is 66.4 Å².